The van der Waals surface area contributed by atoms with E-state index in [0.717, 1.165) is 35.0 Å². The Hall–Kier alpha value is -3.17. The fourth-order valence-electron chi connectivity index (χ4n) is 4.16. The summed E-state index contributed by atoms with van der Waals surface area (Å²) in [6.45, 7) is 0.334. The molecule has 4 aromatic heterocycles. The molecule has 0 radical (unpaired) electrons. The molecule has 0 spiro atoms. The lowest BCUT2D eigenvalue weighted by Crippen LogP contribution is -2.24. The predicted molar refractivity (Wildman–Crippen MR) is 128 cm³/mol. The molecule has 1 aromatic carbocycles. The molecule has 166 valence electrons. The van der Waals surface area contributed by atoms with E-state index >= 15 is 0 Å². The number of thiophene rings is 1. The number of thioether (sulfide) groups is 1. The summed E-state index contributed by atoms with van der Waals surface area (Å²) in [5, 5.41) is 9.74. The van der Waals surface area contributed by atoms with Crippen LogP contribution in [0.15, 0.2) is 67.5 Å². The normalized spacial score (nSPS) is 13.5. The maximum absolute atomic E-state index is 13.6. The first-order valence-electron chi connectivity index (χ1n) is 10.8. The van der Waals surface area contributed by atoms with E-state index in [2.05, 4.69) is 10.2 Å². The average molecular weight is 477 g/mol. The fraction of sp³-hybridized carbons (Fsp3) is 0.250. The van der Waals surface area contributed by atoms with Crippen molar-refractivity contribution in [2.75, 3.05) is 0 Å². The van der Waals surface area contributed by atoms with Crippen LogP contribution in [0.2, 0.25) is 0 Å². The van der Waals surface area contributed by atoms with Gasteiger partial charge in [0.2, 0.25) is 11.8 Å². The Morgan fingerprint density at radius 1 is 1.06 bits per heavy atom. The largest absolute Gasteiger partial charge is 0.467 e. The number of rotatable bonds is 6. The molecule has 0 amide bonds. The summed E-state index contributed by atoms with van der Waals surface area (Å²) in [4.78, 5) is 20.7. The van der Waals surface area contributed by atoms with E-state index < -0.39 is 0 Å². The zero-order valence-corrected chi connectivity index (χ0v) is 19.3. The SMILES string of the molecule is O=c1c2c3c(sc2nc(SCc2nnc(-c4ccccc4)o2)n1Cc1ccco1)CCCC3. The van der Waals surface area contributed by atoms with Crippen LogP contribution in [0, 0.1) is 0 Å². The molecule has 0 saturated carbocycles. The molecule has 33 heavy (non-hydrogen) atoms. The van der Waals surface area contributed by atoms with Crippen LogP contribution < -0.4 is 5.56 Å². The third kappa shape index (κ3) is 3.91. The van der Waals surface area contributed by atoms with Gasteiger partial charge in [0, 0.05) is 10.4 Å². The van der Waals surface area contributed by atoms with Crippen molar-refractivity contribution in [1.82, 2.24) is 19.7 Å². The second-order valence-corrected chi connectivity index (χ2v) is 9.94. The lowest BCUT2D eigenvalue weighted by molar-refractivity contribution is 0.476. The number of fused-ring (bicyclic) bond motifs is 3. The second kappa shape index (κ2) is 8.64. The molecule has 5 aromatic rings. The minimum absolute atomic E-state index is 0.00574. The maximum atomic E-state index is 13.6. The van der Waals surface area contributed by atoms with Gasteiger partial charge >= 0.3 is 0 Å². The van der Waals surface area contributed by atoms with Gasteiger partial charge in [-0.15, -0.1) is 21.5 Å². The summed E-state index contributed by atoms with van der Waals surface area (Å²) in [6.07, 6.45) is 5.89. The van der Waals surface area contributed by atoms with Crippen molar-refractivity contribution < 1.29 is 8.83 Å². The smallest absolute Gasteiger partial charge is 0.263 e. The highest BCUT2D eigenvalue weighted by atomic mass is 32.2. The summed E-state index contributed by atoms with van der Waals surface area (Å²) in [5.41, 5.74) is 2.06. The quantitative estimate of drug-likeness (QED) is 0.242. The summed E-state index contributed by atoms with van der Waals surface area (Å²) < 4.78 is 13.1. The van der Waals surface area contributed by atoms with E-state index in [1.165, 1.54) is 28.6 Å². The monoisotopic (exact) mass is 476 g/mol. The first-order valence-corrected chi connectivity index (χ1v) is 12.6. The zero-order valence-electron chi connectivity index (χ0n) is 17.7. The molecule has 7 nitrogen and oxygen atoms in total. The summed E-state index contributed by atoms with van der Waals surface area (Å²) >= 11 is 3.08. The van der Waals surface area contributed by atoms with Gasteiger partial charge in [0.15, 0.2) is 5.16 Å². The van der Waals surface area contributed by atoms with Crippen LogP contribution in [0.25, 0.3) is 21.7 Å². The van der Waals surface area contributed by atoms with Gasteiger partial charge in [-0.05, 0) is 55.5 Å². The second-order valence-electron chi connectivity index (χ2n) is 7.91. The van der Waals surface area contributed by atoms with Crippen LogP contribution in [0.4, 0.5) is 0 Å². The lowest BCUT2D eigenvalue weighted by atomic mass is 9.97. The molecular formula is C24H20N4O3S2. The number of benzene rings is 1. The molecule has 6 rings (SSSR count). The molecule has 0 unspecified atom stereocenters. The van der Waals surface area contributed by atoms with Gasteiger partial charge in [-0.1, -0.05) is 30.0 Å². The molecule has 0 atom stereocenters. The fourth-order valence-corrected chi connectivity index (χ4v) is 6.30. The van der Waals surface area contributed by atoms with Gasteiger partial charge in [-0.3, -0.25) is 9.36 Å². The van der Waals surface area contributed by atoms with Gasteiger partial charge in [-0.25, -0.2) is 4.98 Å². The molecule has 0 aliphatic heterocycles. The van der Waals surface area contributed by atoms with Crippen molar-refractivity contribution in [3.63, 3.8) is 0 Å². The molecule has 0 N–H and O–H groups in total. The Labute approximate surface area is 197 Å². The topological polar surface area (TPSA) is 87.0 Å². The molecule has 0 fully saturated rings. The summed E-state index contributed by atoms with van der Waals surface area (Å²) in [7, 11) is 0. The van der Waals surface area contributed by atoms with Crippen LogP contribution >= 0.6 is 23.1 Å². The van der Waals surface area contributed by atoms with Crippen LogP contribution in [0.1, 0.15) is 34.9 Å². The predicted octanol–water partition coefficient (Wildman–Crippen LogP) is 5.32. The number of nitrogens with zero attached hydrogens (tertiary/aromatic N) is 4. The van der Waals surface area contributed by atoms with Crippen LogP contribution in [-0.2, 0) is 25.1 Å². The van der Waals surface area contributed by atoms with Crippen molar-refractivity contribution in [2.45, 2.75) is 43.1 Å². The van der Waals surface area contributed by atoms with Crippen molar-refractivity contribution in [3.8, 4) is 11.5 Å². The molecule has 0 saturated heterocycles. The standard InChI is InChI=1S/C24H20N4O3S2/c29-23-20-17-10-4-5-11-18(17)33-22(20)25-24(28(23)13-16-9-6-12-30-16)32-14-19-26-27-21(31-19)15-7-2-1-3-8-15/h1-3,6-9,12H,4-5,10-11,13-14H2. The number of aromatic nitrogens is 4. The number of aryl methyl sites for hydroxylation is 2. The van der Waals surface area contributed by atoms with Gasteiger partial charge < -0.3 is 8.83 Å². The molecule has 9 heteroatoms. The van der Waals surface area contributed by atoms with Gasteiger partial charge in [0.25, 0.3) is 5.56 Å². The Morgan fingerprint density at radius 3 is 2.79 bits per heavy atom. The minimum atomic E-state index is -0.00574. The molecule has 0 bridgehead atoms. The molecule has 1 aliphatic rings. The summed E-state index contributed by atoms with van der Waals surface area (Å²) in [6, 6.07) is 13.4. The Balaban J connectivity index is 1.36. The van der Waals surface area contributed by atoms with Crippen LogP contribution in [0.3, 0.4) is 0 Å². The van der Waals surface area contributed by atoms with E-state index in [0.29, 0.717) is 35.0 Å². The highest BCUT2D eigenvalue weighted by molar-refractivity contribution is 7.98. The zero-order chi connectivity index (χ0) is 22.2. The van der Waals surface area contributed by atoms with Crippen molar-refractivity contribution in [3.05, 3.63) is 81.2 Å². The lowest BCUT2D eigenvalue weighted by Gasteiger charge is -2.12. The van der Waals surface area contributed by atoms with Gasteiger partial charge in [-0.2, -0.15) is 0 Å². The van der Waals surface area contributed by atoms with Gasteiger partial charge in [0.05, 0.1) is 23.9 Å². The first kappa shape index (κ1) is 20.4. The highest BCUT2D eigenvalue weighted by Crippen LogP contribution is 2.35. The Morgan fingerprint density at radius 2 is 1.94 bits per heavy atom. The summed E-state index contributed by atoms with van der Waals surface area (Å²) in [5.74, 6) is 2.10. The Bertz CT molecular complexity index is 1470. The number of hydrogen-bond donors (Lipinski definition) is 0. The Kier molecular flexibility index (Phi) is 5.35. The average Bonchev–Trinajstić information content (AvgIpc) is 3.60. The van der Waals surface area contributed by atoms with E-state index in [1.807, 2.05) is 42.5 Å². The third-order valence-electron chi connectivity index (χ3n) is 5.75. The van der Waals surface area contributed by atoms with E-state index in [1.54, 1.807) is 22.2 Å². The van der Waals surface area contributed by atoms with Crippen molar-refractivity contribution in [1.29, 1.82) is 0 Å². The van der Waals surface area contributed by atoms with E-state index in [-0.39, 0.29) is 5.56 Å². The van der Waals surface area contributed by atoms with E-state index in [9.17, 15) is 4.79 Å². The maximum Gasteiger partial charge on any atom is 0.263 e. The van der Waals surface area contributed by atoms with Crippen molar-refractivity contribution in [2.24, 2.45) is 0 Å². The van der Waals surface area contributed by atoms with Crippen molar-refractivity contribution >= 4 is 33.3 Å². The minimum Gasteiger partial charge on any atom is -0.467 e. The molecule has 1 aliphatic carbocycles. The number of hydrogen-bond acceptors (Lipinski definition) is 8. The number of furan rings is 1. The highest BCUT2D eigenvalue weighted by Gasteiger charge is 2.23. The third-order valence-corrected chi connectivity index (χ3v) is 7.89. The first-order chi connectivity index (χ1) is 16.3. The van der Waals surface area contributed by atoms with Crippen LogP contribution in [-0.4, -0.2) is 19.7 Å². The van der Waals surface area contributed by atoms with E-state index in [4.69, 9.17) is 13.8 Å². The van der Waals surface area contributed by atoms with Crippen LogP contribution in [0.5, 0.6) is 0 Å². The molecular weight excluding hydrogens is 456 g/mol. The molecule has 4 heterocycles. The van der Waals surface area contributed by atoms with Gasteiger partial charge in [0.1, 0.15) is 10.6 Å².